The first-order valence-corrected chi connectivity index (χ1v) is 22.9. The summed E-state index contributed by atoms with van der Waals surface area (Å²) in [6, 6.07) is 96.5. The number of benzene rings is 12. The van der Waals surface area contributed by atoms with Crippen molar-refractivity contribution < 1.29 is 0 Å². The van der Waals surface area contributed by atoms with Crippen molar-refractivity contribution in [1.29, 1.82) is 0 Å². The second-order valence-electron chi connectivity index (χ2n) is 17.6. The van der Waals surface area contributed by atoms with E-state index in [2.05, 4.69) is 266 Å². The smallest absolute Gasteiger partial charge is 0.0714 e. The third-order valence-corrected chi connectivity index (χ3v) is 14.1. The van der Waals surface area contributed by atoms with Crippen LogP contribution in [-0.2, 0) is 5.41 Å². The molecule has 308 valence electrons. The third-order valence-electron chi connectivity index (χ3n) is 14.1. The Bertz CT molecular complexity index is 3770. The molecular formula is C65H43N. The summed E-state index contributed by atoms with van der Waals surface area (Å²) in [7, 11) is 0. The third kappa shape index (κ3) is 5.87. The molecule has 0 amide bonds. The molecule has 0 aliphatic heterocycles. The van der Waals surface area contributed by atoms with Crippen LogP contribution in [0.15, 0.2) is 261 Å². The second kappa shape index (κ2) is 15.3. The van der Waals surface area contributed by atoms with Gasteiger partial charge in [0, 0.05) is 17.1 Å². The van der Waals surface area contributed by atoms with Gasteiger partial charge in [-0.3, -0.25) is 0 Å². The molecule has 0 atom stereocenters. The van der Waals surface area contributed by atoms with Crippen LogP contribution in [-0.4, -0.2) is 0 Å². The van der Waals surface area contributed by atoms with Gasteiger partial charge in [0.25, 0.3) is 0 Å². The van der Waals surface area contributed by atoms with Crippen LogP contribution in [0.2, 0.25) is 0 Å². The van der Waals surface area contributed by atoms with E-state index in [9.17, 15) is 0 Å². The van der Waals surface area contributed by atoms with Gasteiger partial charge < -0.3 is 4.90 Å². The minimum Gasteiger partial charge on any atom is -0.310 e. The average molecular weight is 838 g/mol. The molecule has 13 rings (SSSR count). The summed E-state index contributed by atoms with van der Waals surface area (Å²) in [6.45, 7) is 0. The Kier molecular flexibility index (Phi) is 8.82. The minimum absolute atomic E-state index is 0.525. The Balaban J connectivity index is 1.04. The molecule has 66 heavy (non-hydrogen) atoms. The van der Waals surface area contributed by atoms with Gasteiger partial charge in [-0.2, -0.15) is 0 Å². The second-order valence-corrected chi connectivity index (χ2v) is 17.6. The van der Waals surface area contributed by atoms with Gasteiger partial charge in [0.1, 0.15) is 0 Å². The number of hydrogen-bond acceptors (Lipinski definition) is 1. The zero-order valence-electron chi connectivity index (χ0n) is 36.3. The van der Waals surface area contributed by atoms with E-state index in [-0.39, 0.29) is 0 Å². The number of anilines is 3. The molecule has 0 bridgehead atoms. The number of fused-ring (bicyclic) bond motifs is 9. The van der Waals surface area contributed by atoms with Gasteiger partial charge in [0.15, 0.2) is 0 Å². The van der Waals surface area contributed by atoms with E-state index >= 15 is 0 Å². The lowest BCUT2D eigenvalue weighted by Gasteiger charge is -2.35. The van der Waals surface area contributed by atoms with Crippen molar-refractivity contribution in [2.24, 2.45) is 0 Å². The van der Waals surface area contributed by atoms with E-state index in [1.54, 1.807) is 0 Å². The van der Waals surface area contributed by atoms with Crippen LogP contribution in [0.1, 0.15) is 22.3 Å². The fourth-order valence-corrected chi connectivity index (χ4v) is 11.2. The van der Waals surface area contributed by atoms with Crippen molar-refractivity contribution in [1.82, 2.24) is 0 Å². The van der Waals surface area contributed by atoms with Gasteiger partial charge in [-0.25, -0.2) is 0 Å². The first-order valence-electron chi connectivity index (χ1n) is 22.9. The zero-order valence-corrected chi connectivity index (χ0v) is 36.3. The molecule has 0 N–H and O–H groups in total. The molecule has 12 aromatic rings. The molecule has 1 aliphatic rings. The van der Waals surface area contributed by atoms with Crippen LogP contribution in [0, 0.1) is 0 Å². The Labute approximate surface area is 385 Å². The van der Waals surface area contributed by atoms with Crippen LogP contribution < -0.4 is 4.90 Å². The summed E-state index contributed by atoms with van der Waals surface area (Å²) >= 11 is 0. The van der Waals surface area contributed by atoms with E-state index < -0.39 is 5.41 Å². The monoisotopic (exact) mass is 837 g/mol. The van der Waals surface area contributed by atoms with Crippen LogP contribution in [0.3, 0.4) is 0 Å². The minimum atomic E-state index is -0.525. The highest BCUT2D eigenvalue weighted by molar-refractivity contribution is 6.15. The maximum atomic E-state index is 2.47. The van der Waals surface area contributed by atoms with Gasteiger partial charge in [0.2, 0.25) is 0 Å². The normalized spacial score (nSPS) is 12.7. The largest absolute Gasteiger partial charge is 0.310 e. The number of rotatable bonds is 7. The summed E-state index contributed by atoms with van der Waals surface area (Å²) in [6.07, 6.45) is 0. The van der Waals surface area contributed by atoms with Gasteiger partial charge >= 0.3 is 0 Å². The van der Waals surface area contributed by atoms with Crippen molar-refractivity contribution in [3.8, 4) is 33.4 Å². The van der Waals surface area contributed by atoms with E-state index in [0.717, 1.165) is 17.1 Å². The molecule has 0 spiro atoms. The molecule has 1 heteroatoms. The fraction of sp³-hybridized carbons (Fsp3) is 0.0154. The molecule has 0 radical (unpaired) electrons. The lowest BCUT2D eigenvalue weighted by Crippen LogP contribution is -2.28. The number of hydrogen-bond donors (Lipinski definition) is 0. The van der Waals surface area contributed by atoms with Crippen molar-refractivity contribution in [3.05, 3.63) is 283 Å². The zero-order chi connectivity index (χ0) is 43.6. The lowest BCUT2D eigenvalue weighted by molar-refractivity contribution is 0.768. The van der Waals surface area contributed by atoms with Crippen LogP contribution >= 0.6 is 0 Å². The van der Waals surface area contributed by atoms with Crippen LogP contribution in [0.25, 0.3) is 76.5 Å². The summed E-state index contributed by atoms with van der Waals surface area (Å²) in [4.78, 5) is 2.46. The number of nitrogens with zero attached hydrogens (tertiary/aromatic N) is 1. The maximum Gasteiger partial charge on any atom is 0.0714 e. The SMILES string of the molecule is c1ccc(C2(c3ccccc3)c3ccccc3-c3ccc(N(c4ccc(-c5cc6ccccc6c6ccccc56)cc4)c4cccc(-c5cc6ccccc6c6ccccc56)c4)cc32)cc1. The summed E-state index contributed by atoms with van der Waals surface area (Å²) in [5.41, 5.74) is 15.2. The van der Waals surface area contributed by atoms with Crippen molar-refractivity contribution in [2.45, 2.75) is 5.41 Å². The molecule has 0 heterocycles. The van der Waals surface area contributed by atoms with E-state index in [0.29, 0.717) is 0 Å². The molecular weight excluding hydrogens is 795 g/mol. The molecule has 1 aliphatic carbocycles. The Hall–Kier alpha value is -8.52. The molecule has 0 fully saturated rings. The summed E-state index contributed by atoms with van der Waals surface area (Å²) in [5, 5.41) is 10.1. The van der Waals surface area contributed by atoms with E-state index in [1.807, 2.05) is 0 Å². The molecule has 0 unspecified atom stereocenters. The molecule has 0 saturated heterocycles. The topological polar surface area (TPSA) is 3.24 Å². The van der Waals surface area contributed by atoms with Gasteiger partial charge in [0.05, 0.1) is 5.41 Å². The highest BCUT2D eigenvalue weighted by Crippen LogP contribution is 2.57. The predicted molar refractivity (Wildman–Crippen MR) is 279 cm³/mol. The maximum absolute atomic E-state index is 2.47. The lowest BCUT2D eigenvalue weighted by atomic mass is 9.67. The van der Waals surface area contributed by atoms with Gasteiger partial charge in [-0.1, -0.05) is 212 Å². The quantitative estimate of drug-likeness (QED) is 0.145. The highest BCUT2D eigenvalue weighted by Gasteiger charge is 2.46. The Morgan fingerprint density at radius 1 is 0.242 bits per heavy atom. The van der Waals surface area contributed by atoms with Crippen molar-refractivity contribution >= 4 is 60.2 Å². The van der Waals surface area contributed by atoms with Crippen molar-refractivity contribution in [3.63, 3.8) is 0 Å². The molecule has 0 saturated carbocycles. The average Bonchev–Trinajstić information content (AvgIpc) is 3.69. The summed E-state index contributed by atoms with van der Waals surface area (Å²) < 4.78 is 0. The fourth-order valence-electron chi connectivity index (χ4n) is 11.2. The van der Waals surface area contributed by atoms with E-state index in [1.165, 1.54) is 98.7 Å². The molecule has 1 nitrogen and oxygen atoms in total. The standard InChI is InChI=1S/C65H43N/c1-3-21-48(22-4-1)65(49-23-5-2-6-24-49)63-33-16-15-32-59(63)60-39-38-52(43-64(60)65)66(50-36-34-44(35-37-50)61-41-46-18-7-9-26-53(46)55-28-11-13-30-57(55)61)51-25-17-20-45(40-51)62-42-47-19-8-10-27-54(47)56-29-12-14-31-58(56)62/h1-43H. The predicted octanol–water partition coefficient (Wildman–Crippen LogP) is 17.5. The van der Waals surface area contributed by atoms with Gasteiger partial charge in [-0.15, -0.1) is 0 Å². The first-order chi connectivity index (χ1) is 32.7. The van der Waals surface area contributed by atoms with Gasteiger partial charge in [-0.05, 0) is 147 Å². The highest BCUT2D eigenvalue weighted by atomic mass is 15.1. The molecule has 12 aromatic carbocycles. The van der Waals surface area contributed by atoms with Crippen molar-refractivity contribution in [2.75, 3.05) is 4.90 Å². The van der Waals surface area contributed by atoms with Crippen LogP contribution in [0.4, 0.5) is 17.1 Å². The summed E-state index contributed by atoms with van der Waals surface area (Å²) in [5.74, 6) is 0. The molecule has 0 aromatic heterocycles. The Morgan fingerprint density at radius 2 is 0.712 bits per heavy atom. The first kappa shape index (κ1) is 38.0. The van der Waals surface area contributed by atoms with Crippen LogP contribution in [0.5, 0.6) is 0 Å². The van der Waals surface area contributed by atoms with E-state index in [4.69, 9.17) is 0 Å². The Morgan fingerprint density at radius 3 is 1.33 bits per heavy atom.